The van der Waals surface area contributed by atoms with Crippen LogP contribution in [0.15, 0.2) is 24.0 Å². The zero-order valence-corrected chi connectivity index (χ0v) is 6.90. The molecule has 0 unspecified atom stereocenters. The Morgan fingerprint density at radius 3 is 2.33 bits per heavy atom. The van der Waals surface area contributed by atoms with Gasteiger partial charge in [-0.3, -0.25) is 0 Å². The summed E-state index contributed by atoms with van der Waals surface area (Å²) in [7, 11) is 0. The predicted molar refractivity (Wildman–Crippen MR) is 42.3 cm³/mol. The highest BCUT2D eigenvalue weighted by Gasteiger charge is 1.98. The van der Waals surface area contributed by atoms with E-state index in [-0.39, 0.29) is 0 Å². The number of allylic oxidation sites excluding steroid dienone is 2. The average Bonchev–Trinajstić information content (AvgIpc) is 2.00. The standard InChI is InChI=1S/C8H10O4/c1-3-6(2)12-8(11)5-4-7(9)10/h3-5H,1-2H3,(H,9,10)/b5-4-,6-3+. The lowest BCUT2D eigenvalue weighted by Gasteiger charge is -1.97. The minimum atomic E-state index is -1.18. The Morgan fingerprint density at radius 1 is 1.33 bits per heavy atom. The number of carboxylic acid groups (broad SMARTS) is 1. The average molecular weight is 170 g/mol. The number of carboxylic acids is 1. The van der Waals surface area contributed by atoms with Crippen LogP contribution in [-0.4, -0.2) is 17.0 Å². The zero-order valence-electron chi connectivity index (χ0n) is 6.90. The molecule has 0 aliphatic heterocycles. The molecule has 1 N–H and O–H groups in total. The molecule has 0 aromatic carbocycles. The summed E-state index contributed by atoms with van der Waals surface area (Å²) in [5, 5.41) is 8.14. The van der Waals surface area contributed by atoms with E-state index in [1.807, 2.05) is 0 Å². The van der Waals surface area contributed by atoms with E-state index in [1.54, 1.807) is 19.9 Å². The highest BCUT2D eigenvalue weighted by atomic mass is 16.5. The lowest BCUT2D eigenvalue weighted by Crippen LogP contribution is -1.99. The number of aliphatic carboxylic acids is 1. The molecule has 0 aromatic rings. The molecular formula is C8H10O4. The molecule has 0 saturated heterocycles. The third kappa shape index (κ3) is 5.22. The normalized spacial score (nSPS) is 11.7. The molecule has 0 heterocycles. The second-order valence-electron chi connectivity index (χ2n) is 1.99. The van der Waals surface area contributed by atoms with Crippen LogP contribution < -0.4 is 0 Å². The maximum absolute atomic E-state index is 10.7. The fourth-order valence-electron chi connectivity index (χ4n) is 0.391. The van der Waals surface area contributed by atoms with Gasteiger partial charge < -0.3 is 9.84 Å². The first-order valence-corrected chi connectivity index (χ1v) is 3.32. The van der Waals surface area contributed by atoms with Crippen LogP contribution in [0.3, 0.4) is 0 Å². The molecule has 0 rings (SSSR count). The number of hydrogen-bond acceptors (Lipinski definition) is 3. The summed E-state index contributed by atoms with van der Waals surface area (Å²) in [6, 6.07) is 0. The number of carbonyl (C=O) groups excluding carboxylic acids is 1. The monoisotopic (exact) mass is 170 g/mol. The van der Waals surface area contributed by atoms with Crippen molar-refractivity contribution in [1.82, 2.24) is 0 Å². The SMILES string of the molecule is C/C=C(\C)OC(=O)/C=C\C(=O)O. The zero-order chi connectivity index (χ0) is 9.56. The topological polar surface area (TPSA) is 63.6 Å². The molecule has 0 spiro atoms. The molecule has 0 saturated carbocycles. The van der Waals surface area contributed by atoms with E-state index in [2.05, 4.69) is 4.74 Å². The Morgan fingerprint density at radius 2 is 1.92 bits per heavy atom. The highest BCUT2D eigenvalue weighted by Crippen LogP contribution is 1.95. The molecule has 12 heavy (non-hydrogen) atoms. The molecular weight excluding hydrogens is 160 g/mol. The quantitative estimate of drug-likeness (QED) is 0.391. The molecule has 0 aliphatic rings. The van der Waals surface area contributed by atoms with E-state index in [0.29, 0.717) is 5.76 Å². The smallest absolute Gasteiger partial charge is 0.336 e. The van der Waals surface area contributed by atoms with Crippen LogP contribution in [0.1, 0.15) is 13.8 Å². The van der Waals surface area contributed by atoms with Crippen LogP contribution in [0.25, 0.3) is 0 Å². The Kier molecular flexibility index (Phi) is 4.45. The van der Waals surface area contributed by atoms with Crippen molar-refractivity contribution in [1.29, 1.82) is 0 Å². The van der Waals surface area contributed by atoms with Crippen molar-refractivity contribution in [3.05, 3.63) is 24.0 Å². The molecule has 4 nitrogen and oxygen atoms in total. The van der Waals surface area contributed by atoms with Crippen LogP contribution in [0.2, 0.25) is 0 Å². The Bertz CT molecular complexity index is 237. The van der Waals surface area contributed by atoms with E-state index < -0.39 is 11.9 Å². The molecule has 0 bridgehead atoms. The van der Waals surface area contributed by atoms with Crippen molar-refractivity contribution in [3.63, 3.8) is 0 Å². The summed E-state index contributed by atoms with van der Waals surface area (Å²) in [5.74, 6) is -1.42. The van der Waals surface area contributed by atoms with Gasteiger partial charge in [-0.1, -0.05) is 0 Å². The summed E-state index contributed by atoms with van der Waals surface area (Å²) in [6.45, 7) is 3.32. The van der Waals surface area contributed by atoms with Gasteiger partial charge in [0, 0.05) is 12.2 Å². The lowest BCUT2D eigenvalue weighted by atomic mass is 10.5. The van der Waals surface area contributed by atoms with Crippen LogP contribution in [0.4, 0.5) is 0 Å². The Labute approximate surface area is 70.1 Å². The molecule has 0 radical (unpaired) electrons. The molecule has 0 fully saturated rings. The minimum Gasteiger partial charge on any atom is -0.478 e. The first-order chi connectivity index (χ1) is 5.56. The van der Waals surface area contributed by atoms with E-state index in [1.165, 1.54) is 0 Å². The molecule has 0 aromatic heterocycles. The van der Waals surface area contributed by atoms with Gasteiger partial charge >= 0.3 is 11.9 Å². The highest BCUT2D eigenvalue weighted by molar-refractivity contribution is 5.91. The maximum Gasteiger partial charge on any atom is 0.336 e. The molecule has 0 atom stereocenters. The van der Waals surface area contributed by atoms with Gasteiger partial charge in [0.05, 0.1) is 0 Å². The van der Waals surface area contributed by atoms with Crippen molar-refractivity contribution in [2.75, 3.05) is 0 Å². The third-order valence-corrected chi connectivity index (χ3v) is 1.03. The number of rotatable bonds is 3. The van der Waals surface area contributed by atoms with Crippen LogP contribution in [0.5, 0.6) is 0 Å². The van der Waals surface area contributed by atoms with Gasteiger partial charge in [-0.25, -0.2) is 9.59 Å². The fourth-order valence-corrected chi connectivity index (χ4v) is 0.391. The van der Waals surface area contributed by atoms with Gasteiger partial charge in [0.1, 0.15) is 5.76 Å². The molecule has 66 valence electrons. The fraction of sp³-hybridized carbons (Fsp3) is 0.250. The number of hydrogen-bond donors (Lipinski definition) is 1. The third-order valence-electron chi connectivity index (χ3n) is 1.03. The number of esters is 1. The van der Waals surface area contributed by atoms with E-state index in [4.69, 9.17) is 5.11 Å². The van der Waals surface area contributed by atoms with Crippen molar-refractivity contribution < 1.29 is 19.4 Å². The summed E-state index contributed by atoms with van der Waals surface area (Å²) < 4.78 is 4.62. The van der Waals surface area contributed by atoms with Crippen LogP contribution >= 0.6 is 0 Å². The van der Waals surface area contributed by atoms with E-state index in [0.717, 1.165) is 12.2 Å². The minimum absolute atomic E-state index is 0.440. The van der Waals surface area contributed by atoms with Gasteiger partial charge in [-0.15, -0.1) is 0 Å². The first-order valence-electron chi connectivity index (χ1n) is 3.32. The second-order valence-corrected chi connectivity index (χ2v) is 1.99. The van der Waals surface area contributed by atoms with Crippen LogP contribution in [0, 0.1) is 0 Å². The molecule has 0 amide bonds. The van der Waals surface area contributed by atoms with Crippen LogP contribution in [-0.2, 0) is 14.3 Å². The van der Waals surface area contributed by atoms with E-state index >= 15 is 0 Å². The van der Waals surface area contributed by atoms with Gasteiger partial charge in [0.2, 0.25) is 0 Å². The van der Waals surface area contributed by atoms with Crippen molar-refractivity contribution in [2.45, 2.75) is 13.8 Å². The molecule has 4 heteroatoms. The Balaban J connectivity index is 3.99. The second kappa shape index (κ2) is 5.12. The Hall–Kier alpha value is -1.58. The van der Waals surface area contributed by atoms with Crippen molar-refractivity contribution in [3.8, 4) is 0 Å². The van der Waals surface area contributed by atoms with Gasteiger partial charge in [0.15, 0.2) is 0 Å². The van der Waals surface area contributed by atoms with Crippen molar-refractivity contribution >= 4 is 11.9 Å². The summed E-state index contributed by atoms with van der Waals surface area (Å²) in [4.78, 5) is 20.7. The largest absolute Gasteiger partial charge is 0.478 e. The first kappa shape index (κ1) is 10.4. The predicted octanol–water partition coefficient (Wildman–Crippen LogP) is 1.09. The molecule has 0 aliphatic carbocycles. The summed E-state index contributed by atoms with van der Waals surface area (Å²) >= 11 is 0. The maximum atomic E-state index is 10.7. The van der Waals surface area contributed by atoms with E-state index in [9.17, 15) is 9.59 Å². The number of ether oxygens (including phenoxy) is 1. The lowest BCUT2D eigenvalue weighted by molar-refractivity contribution is -0.135. The number of carbonyl (C=O) groups is 2. The van der Waals surface area contributed by atoms with Crippen molar-refractivity contribution in [2.24, 2.45) is 0 Å². The van der Waals surface area contributed by atoms with Gasteiger partial charge in [-0.05, 0) is 19.9 Å². The van der Waals surface area contributed by atoms with Gasteiger partial charge in [0.25, 0.3) is 0 Å². The summed E-state index contributed by atoms with van der Waals surface area (Å²) in [6.07, 6.45) is 3.19. The van der Waals surface area contributed by atoms with Gasteiger partial charge in [-0.2, -0.15) is 0 Å². The summed E-state index contributed by atoms with van der Waals surface area (Å²) in [5.41, 5.74) is 0.